The summed E-state index contributed by atoms with van der Waals surface area (Å²) in [5, 5.41) is 0.623. The van der Waals surface area contributed by atoms with Crippen molar-refractivity contribution >= 4 is 28.8 Å². The molecular weight excluding hydrogens is 207 g/mol. The number of fused-ring (bicyclic) bond motifs is 1. The number of aromatic nitrogens is 2. The van der Waals surface area contributed by atoms with Crippen LogP contribution in [0.15, 0.2) is 24.5 Å². The first-order chi connectivity index (χ1) is 6.18. The second kappa shape index (κ2) is 3.20. The number of alkyl halides is 1. The van der Waals surface area contributed by atoms with E-state index >= 15 is 0 Å². The molecule has 0 fully saturated rings. The molecule has 0 saturated carbocycles. The van der Waals surface area contributed by atoms with Crippen LogP contribution in [-0.4, -0.2) is 9.38 Å². The van der Waals surface area contributed by atoms with Crippen molar-refractivity contribution in [3.8, 4) is 0 Å². The Hall–Kier alpha value is -0.730. The number of hydrogen-bond donors (Lipinski definition) is 0. The molecule has 1 atom stereocenters. The lowest BCUT2D eigenvalue weighted by atomic mass is 10.3. The summed E-state index contributed by atoms with van der Waals surface area (Å²) < 4.78 is 1.90. The molecule has 0 aliphatic carbocycles. The van der Waals surface area contributed by atoms with Crippen molar-refractivity contribution in [2.24, 2.45) is 0 Å². The van der Waals surface area contributed by atoms with E-state index in [0.717, 1.165) is 11.3 Å². The zero-order valence-corrected chi connectivity index (χ0v) is 8.55. The number of pyridine rings is 1. The van der Waals surface area contributed by atoms with Gasteiger partial charge in [0, 0.05) is 6.20 Å². The Morgan fingerprint density at radius 2 is 2.23 bits per heavy atom. The van der Waals surface area contributed by atoms with E-state index in [1.54, 1.807) is 6.20 Å². The van der Waals surface area contributed by atoms with Crippen molar-refractivity contribution in [2.75, 3.05) is 0 Å². The van der Waals surface area contributed by atoms with Gasteiger partial charge in [0.2, 0.25) is 0 Å². The SMILES string of the molecule is C[C@@H](Cl)c1cnc2ccc(Cl)cn12. The molecular formula is C9H8Cl2N2. The lowest BCUT2D eigenvalue weighted by molar-refractivity contribution is 0.963. The quantitative estimate of drug-likeness (QED) is 0.667. The maximum Gasteiger partial charge on any atom is 0.137 e. The fraction of sp³-hybridized carbons (Fsp3) is 0.222. The molecule has 2 heterocycles. The highest BCUT2D eigenvalue weighted by atomic mass is 35.5. The standard InChI is InChI=1S/C9H8Cl2N2/c1-6(10)8-4-12-9-3-2-7(11)5-13(8)9/h2-6H,1H3/t6-/m1/s1. The third-order valence-electron chi connectivity index (χ3n) is 1.91. The zero-order chi connectivity index (χ0) is 9.42. The van der Waals surface area contributed by atoms with Gasteiger partial charge in [-0.25, -0.2) is 4.98 Å². The monoisotopic (exact) mass is 214 g/mol. The van der Waals surface area contributed by atoms with Gasteiger partial charge in [0.15, 0.2) is 0 Å². The average Bonchev–Trinajstić information content (AvgIpc) is 2.46. The van der Waals surface area contributed by atoms with Crippen LogP contribution in [0.2, 0.25) is 5.02 Å². The van der Waals surface area contributed by atoms with E-state index < -0.39 is 0 Å². The molecule has 13 heavy (non-hydrogen) atoms. The average molecular weight is 215 g/mol. The molecule has 0 saturated heterocycles. The number of imidazole rings is 1. The molecule has 0 aliphatic rings. The molecule has 2 aromatic heterocycles. The van der Waals surface area contributed by atoms with Gasteiger partial charge in [0.25, 0.3) is 0 Å². The molecule has 0 amide bonds. The summed E-state index contributed by atoms with van der Waals surface area (Å²) in [6.45, 7) is 1.91. The molecule has 2 aromatic rings. The molecule has 2 rings (SSSR count). The predicted molar refractivity (Wildman–Crippen MR) is 54.5 cm³/mol. The van der Waals surface area contributed by atoms with Gasteiger partial charge >= 0.3 is 0 Å². The lowest BCUT2D eigenvalue weighted by Crippen LogP contribution is -1.92. The van der Waals surface area contributed by atoms with E-state index in [4.69, 9.17) is 23.2 Å². The summed E-state index contributed by atoms with van der Waals surface area (Å²) in [4.78, 5) is 4.20. The van der Waals surface area contributed by atoms with Crippen LogP contribution in [0.3, 0.4) is 0 Å². The van der Waals surface area contributed by atoms with Crippen molar-refractivity contribution in [1.82, 2.24) is 9.38 Å². The fourth-order valence-corrected chi connectivity index (χ4v) is 1.59. The Labute approximate surface area is 86.1 Å². The van der Waals surface area contributed by atoms with Gasteiger partial charge in [-0.1, -0.05) is 11.6 Å². The number of rotatable bonds is 1. The Kier molecular flexibility index (Phi) is 2.18. The third kappa shape index (κ3) is 1.52. The van der Waals surface area contributed by atoms with E-state index in [2.05, 4.69) is 4.98 Å². The van der Waals surface area contributed by atoms with Gasteiger partial charge in [0.1, 0.15) is 5.65 Å². The molecule has 4 heteroatoms. The smallest absolute Gasteiger partial charge is 0.137 e. The molecule has 0 bridgehead atoms. The van der Waals surface area contributed by atoms with E-state index in [1.807, 2.05) is 29.7 Å². The van der Waals surface area contributed by atoms with Crippen molar-refractivity contribution in [2.45, 2.75) is 12.3 Å². The zero-order valence-electron chi connectivity index (χ0n) is 7.04. The molecule has 0 spiro atoms. The Morgan fingerprint density at radius 3 is 2.92 bits per heavy atom. The second-order valence-electron chi connectivity index (χ2n) is 2.87. The van der Waals surface area contributed by atoms with E-state index in [1.165, 1.54) is 0 Å². The third-order valence-corrected chi connectivity index (χ3v) is 2.35. The van der Waals surface area contributed by atoms with Crippen LogP contribution in [0.25, 0.3) is 5.65 Å². The van der Waals surface area contributed by atoms with Crippen LogP contribution >= 0.6 is 23.2 Å². The highest BCUT2D eigenvalue weighted by molar-refractivity contribution is 6.30. The van der Waals surface area contributed by atoms with Gasteiger partial charge < -0.3 is 4.40 Å². The Balaban J connectivity index is 2.71. The van der Waals surface area contributed by atoms with Crippen LogP contribution in [0.1, 0.15) is 18.0 Å². The molecule has 68 valence electrons. The van der Waals surface area contributed by atoms with E-state index in [0.29, 0.717) is 5.02 Å². The number of halogens is 2. The maximum atomic E-state index is 5.97. The summed E-state index contributed by atoms with van der Waals surface area (Å²) in [6, 6.07) is 3.68. The second-order valence-corrected chi connectivity index (χ2v) is 3.97. The summed E-state index contributed by atoms with van der Waals surface area (Å²) in [7, 11) is 0. The Morgan fingerprint density at radius 1 is 1.46 bits per heavy atom. The van der Waals surface area contributed by atoms with Gasteiger partial charge in [-0.05, 0) is 19.1 Å². The van der Waals surface area contributed by atoms with Crippen LogP contribution in [0.4, 0.5) is 0 Å². The molecule has 0 radical (unpaired) electrons. The first kappa shape index (κ1) is 8.85. The van der Waals surface area contributed by atoms with E-state index in [-0.39, 0.29) is 5.38 Å². The van der Waals surface area contributed by atoms with Crippen molar-refractivity contribution in [3.63, 3.8) is 0 Å². The Bertz CT molecular complexity index is 434. The molecule has 0 N–H and O–H groups in total. The predicted octanol–water partition coefficient (Wildman–Crippen LogP) is 3.29. The minimum Gasteiger partial charge on any atom is -0.301 e. The first-order valence-corrected chi connectivity index (χ1v) is 4.76. The molecule has 0 unspecified atom stereocenters. The van der Waals surface area contributed by atoms with Crippen molar-refractivity contribution in [1.29, 1.82) is 0 Å². The minimum absolute atomic E-state index is 0.0616. The minimum atomic E-state index is -0.0616. The van der Waals surface area contributed by atoms with Crippen LogP contribution in [-0.2, 0) is 0 Å². The van der Waals surface area contributed by atoms with Gasteiger partial charge in [-0.2, -0.15) is 0 Å². The summed E-state index contributed by atoms with van der Waals surface area (Å²) in [5.41, 5.74) is 1.83. The first-order valence-electron chi connectivity index (χ1n) is 3.95. The number of hydrogen-bond acceptors (Lipinski definition) is 1. The van der Waals surface area contributed by atoms with Crippen LogP contribution < -0.4 is 0 Å². The van der Waals surface area contributed by atoms with Gasteiger partial charge in [-0.3, -0.25) is 0 Å². The lowest BCUT2D eigenvalue weighted by Gasteiger charge is -2.02. The number of nitrogens with zero attached hydrogens (tertiary/aromatic N) is 2. The summed E-state index contributed by atoms with van der Waals surface area (Å²) in [5.74, 6) is 0. The fourth-order valence-electron chi connectivity index (χ4n) is 1.27. The van der Waals surface area contributed by atoms with Crippen LogP contribution in [0, 0.1) is 0 Å². The summed E-state index contributed by atoms with van der Waals surface area (Å²) in [6.07, 6.45) is 3.58. The van der Waals surface area contributed by atoms with Gasteiger partial charge in [0.05, 0.1) is 22.3 Å². The molecule has 0 aromatic carbocycles. The maximum absolute atomic E-state index is 5.97. The summed E-state index contributed by atoms with van der Waals surface area (Å²) >= 11 is 11.8. The van der Waals surface area contributed by atoms with E-state index in [9.17, 15) is 0 Å². The largest absolute Gasteiger partial charge is 0.301 e. The normalized spacial score (nSPS) is 13.5. The van der Waals surface area contributed by atoms with Crippen molar-refractivity contribution in [3.05, 3.63) is 35.2 Å². The molecule has 0 aliphatic heterocycles. The van der Waals surface area contributed by atoms with Crippen LogP contribution in [0.5, 0.6) is 0 Å². The topological polar surface area (TPSA) is 17.3 Å². The highest BCUT2D eigenvalue weighted by Crippen LogP contribution is 2.21. The van der Waals surface area contributed by atoms with Gasteiger partial charge in [-0.15, -0.1) is 11.6 Å². The highest BCUT2D eigenvalue weighted by Gasteiger charge is 2.07. The van der Waals surface area contributed by atoms with Crippen molar-refractivity contribution < 1.29 is 0 Å². The molecule has 2 nitrogen and oxygen atoms in total.